The van der Waals surface area contributed by atoms with Crippen LogP contribution in [0.2, 0.25) is 0 Å². The predicted molar refractivity (Wildman–Crippen MR) is 70.0 cm³/mol. The molecule has 4 heteroatoms. The van der Waals surface area contributed by atoms with Crippen LogP contribution in [-0.2, 0) is 6.42 Å². The molecule has 100 valence electrons. The van der Waals surface area contributed by atoms with Crippen molar-refractivity contribution >= 4 is 0 Å². The highest BCUT2D eigenvalue weighted by molar-refractivity contribution is 5.30. The van der Waals surface area contributed by atoms with Gasteiger partial charge < -0.3 is 10.5 Å². The zero-order valence-electron chi connectivity index (χ0n) is 10.6. The van der Waals surface area contributed by atoms with Crippen molar-refractivity contribution in [3.63, 3.8) is 0 Å². The normalized spacial score (nSPS) is 12.2. The zero-order valence-corrected chi connectivity index (χ0v) is 10.6. The molecule has 1 unspecified atom stereocenters. The summed E-state index contributed by atoms with van der Waals surface area (Å²) < 4.78 is 31.6. The quantitative estimate of drug-likeness (QED) is 0.919. The highest BCUT2D eigenvalue weighted by Gasteiger charge is 2.11. The molecule has 0 radical (unpaired) electrons. The van der Waals surface area contributed by atoms with Crippen molar-refractivity contribution in [3.8, 4) is 5.75 Å². The molecule has 0 saturated heterocycles. The number of halogens is 2. The Morgan fingerprint density at radius 2 is 1.79 bits per heavy atom. The summed E-state index contributed by atoms with van der Waals surface area (Å²) in [7, 11) is 1.58. The van der Waals surface area contributed by atoms with E-state index in [0.717, 1.165) is 23.4 Å². The second-order valence-corrected chi connectivity index (χ2v) is 4.32. The summed E-state index contributed by atoms with van der Waals surface area (Å²) >= 11 is 0. The average molecular weight is 263 g/mol. The van der Waals surface area contributed by atoms with Gasteiger partial charge in [0.2, 0.25) is 0 Å². The molecule has 0 aromatic heterocycles. The molecular formula is C15H15F2NO. The Morgan fingerprint density at radius 3 is 2.42 bits per heavy atom. The van der Waals surface area contributed by atoms with Gasteiger partial charge in [-0.3, -0.25) is 0 Å². The second-order valence-electron chi connectivity index (χ2n) is 4.32. The van der Waals surface area contributed by atoms with Crippen molar-refractivity contribution in [3.05, 3.63) is 65.2 Å². The monoisotopic (exact) mass is 263 g/mol. The van der Waals surface area contributed by atoms with Gasteiger partial charge in [-0.05, 0) is 47.9 Å². The Hall–Kier alpha value is -1.94. The molecule has 0 aliphatic heterocycles. The maximum atomic E-state index is 13.5. The summed E-state index contributed by atoms with van der Waals surface area (Å²) in [6.07, 6.45) is 0.246. The molecule has 1 atom stereocenters. The van der Waals surface area contributed by atoms with Crippen LogP contribution in [0, 0.1) is 11.6 Å². The molecule has 0 amide bonds. The highest BCUT2D eigenvalue weighted by Crippen LogP contribution is 2.21. The summed E-state index contributed by atoms with van der Waals surface area (Å²) in [6.45, 7) is 0. The summed E-state index contributed by atoms with van der Waals surface area (Å²) in [5.41, 5.74) is 7.14. The Kier molecular flexibility index (Phi) is 4.12. The molecule has 2 N–H and O–H groups in total. The fourth-order valence-corrected chi connectivity index (χ4v) is 1.91. The van der Waals surface area contributed by atoms with E-state index in [1.165, 1.54) is 6.07 Å². The van der Waals surface area contributed by atoms with Crippen LogP contribution in [0.25, 0.3) is 0 Å². The van der Waals surface area contributed by atoms with E-state index in [4.69, 9.17) is 10.5 Å². The topological polar surface area (TPSA) is 35.2 Å². The van der Waals surface area contributed by atoms with Gasteiger partial charge in [-0.25, -0.2) is 8.78 Å². The molecule has 0 fully saturated rings. The molecule has 2 aromatic rings. The molecule has 2 rings (SSSR count). The summed E-state index contributed by atoms with van der Waals surface area (Å²) in [6, 6.07) is 10.2. The van der Waals surface area contributed by atoms with Crippen LogP contribution in [0.5, 0.6) is 5.75 Å². The van der Waals surface area contributed by atoms with Crippen LogP contribution in [0.15, 0.2) is 42.5 Å². The van der Waals surface area contributed by atoms with E-state index in [2.05, 4.69) is 0 Å². The molecule has 0 saturated carbocycles. The third-order valence-corrected chi connectivity index (χ3v) is 2.99. The van der Waals surface area contributed by atoms with Gasteiger partial charge in [-0.2, -0.15) is 0 Å². The Balaban J connectivity index is 2.15. The van der Waals surface area contributed by atoms with Crippen LogP contribution in [0.1, 0.15) is 17.2 Å². The number of rotatable bonds is 4. The lowest BCUT2D eigenvalue weighted by molar-refractivity contribution is 0.414. The number of benzene rings is 2. The van der Waals surface area contributed by atoms with Gasteiger partial charge >= 0.3 is 0 Å². The van der Waals surface area contributed by atoms with Crippen molar-refractivity contribution in [2.24, 2.45) is 5.73 Å². The minimum atomic E-state index is -0.460. The maximum absolute atomic E-state index is 13.5. The SMILES string of the molecule is COc1ccc(C(N)Cc2cc(F)ccc2F)cc1. The van der Waals surface area contributed by atoms with Crippen LogP contribution >= 0.6 is 0 Å². The van der Waals surface area contributed by atoms with E-state index in [1.807, 2.05) is 12.1 Å². The van der Waals surface area contributed by atoms with Gasteiger partial charge in [-0.1, -0.05) is 12.1 Å². The Morgan fingerprint density at radius 1 is 1.11 bits per heavy atom. The van der Waals surface area contributed by atoms with E-state index in [-0.39, 0.29) is 18.0 Å². The van der Waals surface area contributed by atoms with Crippen LogP contribution in [0.4, 0.5) is 8.78 Å². The Bertz CT molecular complexity index is 555. The predicted octanol–water partition coefficient (Wildman–Crippen LogP) is 3.22. The fraction of sp³-hybridized carbons (Fsp3) is 0.200. The van der Waals surface area contributed by atoms with E-state index in [9.17, 15) is 8.78 Å². The van der Waals surface area contributed by atoms with Gasteiger partial charge in [0.1, 0.15) is 17.4 Å². The van der Waals surface area contributed by atoms with Crippen molar-refractivity contribution in [1.29, 1.82) is 0 Å². The second kappa shape index (κ2) is 5.80. The standard InChI is InChI=1S/C15H15F2NO/c1-19-13-5-2-10(3-6-13)15(18)9-11-8-12(16)4-7-14(11)17/h2-8,15H,9,18H2,1H3. The summed E-state index contributed by atoms with van der Waals surface area (Å²) in [5.74, 6) is -0.170. The van der Waals surface area contributed by atoms with Crippen LogP contribution < -0.4 is 10.5 Å². The molecule has 19 heavy (non-hydrogen) atoms. The third kappa shape index (κ3) is 3.29. The van der Waals surface area contributed by atoms with E-state index in [0.29, 0.717) is 0 Å². The summed E-state index contributed by atoms with van der Waals surface area (Å²) in [4.78, 5) is 0. The van der Waals surface area contributed by atoms with Crippen LogP contribution in [0.3, 0.4) is 0 Å². The van der Waals surface area contributed by atoms with E-state index in [1.54, 1.807) is 19.2 Å². The molecule has 0 aliphatic rings. The van der Waals surface area contributed by atoms with Gasteiger partial charge in [0, 0.05) is 6.04 Å². The van der Waals surface area contributed by atoms with Crippen molar-refractivity contribution in [2.45, 2.75) is 12.5 Å². The zero-order chi connectivity index (χ0) is 13.8. The van der Waals surface area contributed by atoms with E-state index < -0.39 is 11.6 Å². The van der Waals surface area contributed by atoms with Gasteiger partial charge in [-0.15, -0.1) is 0 Å². The average Bonchev–Trinajstić information content (AvgIpc) is 2.43. The highest BCUT2D eigenvalue weighted by atomic mass is 19.1. The third-order valence-electron chi connectivity index (χ3n) is 2.99. The van der Waals surface area contributed by atoms with Gasteiger partial charge in [0.05, 0.1) is 7.11 Å². The molecule has 0 spiro atoms. The van der Waals surface area contributed by atoms with Crippen molar-refractivity contribution in [1.82, 2.24) is 0 Å². The molecule has 0 aliphatic carbocycles. The first-order chi connectivity index (χ1) is 9.10. The fourth-order valence-electron chi connectivity index (χ4n) is 1.91. The molecule has 0 bridgehead atoms. The number of ether oxygens (including phenoxy) is 1. The van der Waals surface area contributed by atoms with Crippen LogP contribution in [-0.4, -0.2) is 7.11 Å². The molecule has 2 nitrogen and oxygen atoms in total. The number of hydrogen-bond donors (Lipinski definition) is 1. The minimum Gasteiger partial charge on any atom is -0.497 e. The maximum Gasteiger partial charge on any atom is 0.126 e. The lowest BCUT2D eigenvalue weighted by Crippen LogP contribution is -2.14. The Labute approximate surface area is 110 Å². The number of hydrogen-bond acceptors (Lipinski definition) is 2. The lowest BCUT2D eigenvalue weighted by Gasteiger charge is -2.13. The minimum absolute atomic E-state index is 0.246. The van der Waals surface area contributed by atoms with Gasteiger partial charge in [0.15, 0.2) is 0 Å². The largest absolute Gasteiger partial charge is 0.497 e. The first-order valence-electron chi connectivity index (χ1n) is 5.93. The number of methoxy groups -OCH3 is 1. The smallest absolute Gasteiger partial charge is 0.126 e. The van der Waals surface area contributed by atoms with Crippen molar-refractivity contribution < 1.29 is 13.5 Å². The molecular weight excluding hydrogens is 248 g/mol. The van der Waals surface area contributed by atoms with Gasteiger partial charge in [0.25, 0.3) is 0 Å². The lowest BCUT2D eigenvalue weighted by atomic mass is 9.99. The first kappa shape index (κ1) is 13.5. The summed E-state index contributed by atoms with van der Waals surface area (Å²) in [5, 5.41) is 0. The first-order valence-corrected chi connectivity index (χ1v) is 5.93. The number of nitrogens with two attached hydrogens (primary N) is 1. The van der Waals surface area contributed by atoms with Crippen molar-refractivity contribution in [2.75, 3.05) is 7.11 Å². The van der Waals surface area contributed by atoms with E-state index >= 15 is 0 Å². The molecule has 0 heterocycles. The molecule has 2 aromatic carbocycles.